The van der Waals surface area contributed by atoms with Crippen molar-refractivity contribution >= 4 is 16.9 Å². The number of aromatic nitrogens is 1. The summed E-state index contributed by atoms with van der Waals surface area (Å²) >= 11 is 0. The molecule has 0 radical (unpaired) electrons. The summed E-state index contributed by atoms with van der Waals surface area (Å²) in [6, 6.07) is 16.0. The first-order chi connectivity index (χ1) is 11.1. The zero-order valence-corrected chi connectivity index (χ0v) is 13.5. The van der Waals surface area contributed by atoms with Gasteiger partial charge in [-0.3, -0.25) is 4.79 Å². The maximum atomic E-state index is 11.4. The molecule has 118 valence electrons. The normalized spacial score (nSPS) is 10.7. The maximum Gasteiger partial charge on any atom is 0.309 e. The largest absolute Gasteiger partial charge is 0.497 e. The monoisotopic (exact) mass is 309 g/mol. The van der Waals surface area contributed by atoms with Crippen LogP contribution in [0, 0.1) is 6.92 Å². The minimum atomic E-state index is -0.319. The van der Waals surface area contributed by atoms with E-state index in [2.05, 4.69) is 18.2 Å². The van der Waals surface area contributed by atoms with Crippen molar-refractivity contribution in [1.29, 1.82) is 0 Å². The van der Waals surface area contributed by atoms with Crippen LogP contribution in [0.3, 0.4) is 0 Å². The van der Waals surface area contributed by atoms with Crippen LogP contribution in [-0.4, -0.2) is 17.6 Å². The summed E-state index contributed by atoms with van der Waals surface area (Å²) in [7, 11) is 1.65. The van der Waals surface area contributed by atoms with Crippen molar-refractivity contribution in [2.45, 2.75) is 20.4 Å². The van der Waals surface area contributed by atoms with Gasteiger partial charge in [-0.1, -0.05) is 23.8 Å². The Bertz CT molecular complexity index is 847. The number of carbonyl (C=O) groups excluding carboxylic acids is 1. The van der Waals surface area contributed by atoms with Gasteiger partial charge in [0.2, 0.25) is 5.88 Å². The van der Waals surface area contributed by atoms with Crippen molar-refractivity contribution in [3.05, 3.63) is 59.7 Å². The van der Waals surface area contributed by atoms with Crippen LogP contribution in [0.1, 0.15) is 18.1 Å². The molecule has 0 bridgehead atoms. The summed E-state index contributed by atoms with van der Waals surface area (Å²) < 4.78 is 12.6. The Kier molecular flexibility index (Phi) is 4.06. The minimum absolute atomic E-state index is 0.319. The van der Waals surface area contributed by atoms with Gasteiger partial charge in [-0.15, -0.1) is 0 Å². The van der Waals surface area contributed by atoms with Crippen molar-refractivity contribution in [2.75, 3.05) is 7.11 Å². The highest BCUT2D eigenvalue weighted by molar-refractivity contribution is 5.84. The van der Waals surface area contributed by atoms with Gasteiger partial charge in [-0.05, 0) is 36.8 Å². The van der Waals surface area contributed by atoms with E-state index in [9.17, 15) is 4.79 Å². The molecule has 0 aliphatic rings. The van der Waals surface area contributed by atoms with Crippen LogP contribution >= 0.6 is 0 Å². The van der Waals surface area contributed by atoms with Crippen LogP contribution < -0.4 is 9.47 Å². The molecule has 0 aliphatic heterocycles. The van der Waals surface area contributed by atoms with Crippen LogP contribution in [0.2, 0.25) is 0 Å². The topological polar surface area (TPSA) is 40.5 Å². The number of benzene rings is 2. The fourth-order valence-corrected chi connectivity index (χ4v) is 2.67. The number of nitrogens with zero attached hydrogens (tertiary/aromatic N) is 1. The number of hydrogen-bond acceptors (Lipinski definition) is 3. The summed E-state index contributed by atoms with van der Waals surface area (Å²) in [4.78, 5) is 11.4. The first-order valence-corrected chi connectivity index (χ1v) is 7.48. The second kappa shape index (κ2) is 6.16. The predicted molar refractivity (Wildman–Crippen MR) is 90.1 cm³/mol. The first kappa shape index (κ1) is 15.2. The molecule has 3 aromatic rings. The summed E-state index contributed by atoms with van der Waals surface area (Å²) in [5, 5.41) is 1.06. The molecule has 0 aliphatic carbocycles. The van der Waals surface area contributed by atoms with Crippen LogP contribution in [-0.2, 0) is 11.3 Å². The molecule has 0 N–H and O–H groups in total. The van der Waals surface area contributed by atoms with Gasteiger partial charge >= 0.3 is 5.97 Å². The van der Waals surface area contributed by atoms with Gasteiger partial charge < -0.3 is 14.0 Å². The lowest BCUT2D eigenvalue weighted by atomic mass is 10.2. The number of aryl methyl sites for hydroxylation is 1. The second-order valence-corrected chi connectivity index (χ2v) is 5.57. The molecule has 0 amide bonds. The van der Waals surface area contributed by atoms with Crippen LogP contribution in [0.4, 0.5) is 0 Å². The summed E-state index contributed by atoms with van der Waals surface area (Å²) in [6.45, 7) is 4.09. The van der Waals surface area contributed by atoms with Gasteiger partial charge in [0.1, 0.15) is 5.75 Å². The van der Waals surface area contributed by atoms with E-state index in [1.54, 1.807) is 7.11 Å². The Labute approximate surface area is 135 Å². The molecule has 4 heteroatoms. The zero-order valence-electron chi connectivity index (χ0n) is 13.5. The van der Waals surface area contributed by atoms with E-state index in [0.717, 1.165) is 22.2 Å². The van der Waals surface area contributed by atoms with Crippen molar-refractivity contribution in [2.24, 2.45) is 0 Å². The minimum Gasteiger partial charge on any atom is -0.497 e. The molecule has 4 nitrogen and oxygen atoms in total. The molecule has 1 heterocycles. The first-order valence-electron chi connectivity index (χ1n) is 7.48. The predicted octanol–water partition coefficient (Wildman–Crippen LogP) is 3.93. The average Bonchev–Trinajstić information content (AvgIpc) is 2.84. The van der Waals surface area contributed by atoms with Crippen LogP contribution in [0.25, 0.3) is 10.9 Å². The highest BCUT2D eigenvalue weighted by Crippen LogP contribution is 2.28. The number of esters is 1. The number of ether oxygens (including phenoxy) is 2. The molecular weight excluding hydrogens is 290 g/mol. The molecule has 0 fully saturated rings. The van der Waals surface area contributed by atoms with E-state index in [4.69, 9.17) is 9.47 Å². The molecule has 0 saturated heterocycles. The van der Waals surface area contributed by atoms with Crippen molar-refractivity contribution < 1.29 is 14.3 Å². The molecule has 0 saturated carbocycles. The Hall–Kier alpha value is -2.75. The Balaban J connectivity index is 2.03. The number of hydrogen-bond donors (Lipinski definition) is 0. The Morgan fingerprint density at radius 1 is 1.09 bits per heavy atom. The summed E-state index contributed by atoms with van der Waals surface area (Å²) in [5.74, 6) is 1.07. The van der Waals surface area contributed by atoms with Gasteiger partial charge in [0.25, 0.3) is 0 Å². The van der Waals surface area contributed by atoms with Crippen molar-refractivity contribution in [1.82, 2.24) is 4.57 Å². The SMILES string of the molecule is COc1ccc(Cn2c(OC(C)=O)cc3cc(C)ccc32)cc1. The van der Waals surface area contributed by atoms with E-state index < -0.39 is 0 Å². The summed E-state index contributed by atoms with van der Waals surface area (Å²) in [6.07, 6.45) is 0. The third-order valence-electron chi connectivity index (χ3n) is 3.77. The second-order valence-electron chi connectivity index (χ2n) is 5.57. The van der Waals surface area contributed by atoms with Gasteiger partial charge in [-0.25, -0.2) is 0 Å². The molecule has 3 rings (SSSR count). The number of fused-ring (bicyclic) bond motifs is 1. The van der Waals surface area contributed by atoms with Crippen molar-refractivity contribution in [3.63, 3.8) is 0 Å². The van der Waals surface area contributed by atoms with Gasteiger partial charge in [0, 0.05) is 18.4 Å². The molecule has 0 unspecified atom stereocenters. The lowest BCUT2D eigenvalue weighted by molar-refractivity contribution is -0.132. The Morgan fingerprint density at radius 3 is 2.48 bits per heavy atom. The third kappa shape index (κ3) is 3.21. The lowest BCUT2D eigenvalue weighted by Gasteiger charge is -2.11. The summed E-state index contributed by atoms with van der Waals surface area (Å²) in [5.41, 5.74) is 3.33. The molecule has 0 atom stereocenters. The molecule has 23 heavy (non-hydrogen) atoms. The van der Waals surface area contributed by atoms with Gasteiger partial charge in [0.15, 0.2) is 0 Å². The standard InChI is InChI=1S/C19H19NO3/c1-13-4-9-18-16(10-13)11-19(23-14(2)21)20(18)12-15-5-7-17(22-3)8-6-15/h4-11H,12H2,1-3H3. The van der Waals surface area contributed by atoms with E-state index in [1.807, 2.05) is 41.8 Å². The fraction of sp³-hybridized carbons (Fsp3) is 0.211. The maximum absolute atomic E-state index is 11.4. The van der Waals surface area contributed by atoms with E-state index >= 15 is 0 Å². The molecule has 2 aromatic carbocycles. The van der Waals surface area contributed by atoms with Gasteiger partial charge in [0.05, 0.1) is 19.2 Å². The van der Waals surface area contributed by atoms with Crippen molar-refractivity contribution in [3.8, 4) is 11.6 Å². The fourth-order valence-electron chi connectivity index (χ4n) is 2.67. The van der Waals surface area contributed by atoms with Crippen LogP contribution in [0.15, 0.2) is 48.5 Å². The Morgan fingerprint density at radius 2 is 1.83 bits per heavy atom. The van der Waals surface area contributed by atoms with Gasteiger partial charge in [-0.2, -0.15) is 0 Å². The van der Waals surface area contributed by atoms with E-state index in [-0.39, 0.29) is 5.97 Å². The van der Waals surface area contributed by atoms with E-state index in [1.165, 1.54) is 12.5 Å². The van der Waals surface area contributed by atoms with E-state index in [0.29, 0.717) is 12.4 Å². The average molecular weight is 309 g/mol. The molecule has 0 spiro atoms. The quantitative estimate of drug-likeness (QED) is 0.686. The number of carbonyl (C=O) groups is 1. The number of rotatable bonds is 4. The smallest absolute Gasteiger partial charge is 0.309 e. The molecular formula is C19H19NO3. The third-order valence-corrected chi connectivity index (χ3v) is 3.77. The number of methoxy groups -OCH3 is 1. The zero-order chi connectivity index (χ0) is 16.4. The lowest BCUT2D eigenvalue weighted by Crippen LogP contribution is -2.08. The highest BCUT2D eigenvalue weighted by atomic mass is 16.5. The molecule has 1 aromatic heterocycles. The highest BCUT2D eigenvalue weighted by Gasteiger charge is 2.12. The van der Waals surface area contributed by atoms with Crippen LogP contribution in [0.5, 0.6) is 11.6 Å².